The number of rotatable bonds is 7. The fourth-order valence-electron chi connectivity index (χ4n) is 3.57. The Bertz CT molecular complexity index is 911. The number of carboxylic acids is 1. The summed E-state index contributed by atoms with van der Waals surface area (Å²) >= 11 is 0. The van der Waals surface area contributed by atoms with Gasteiger partial charge in [0, 0.05) is 18.0 Å². The molecule has 2 atom stereocenters. The molecule has 1 heterocycles. The van der Waals surface area contributed by atoms with Crippen molar-refractivity contribution in [2.45, 2.75) is 38.0 Å². The molecular weight excluding hydrogens is 386 g/mol. The SMILES string of the molecule is CCCC[C@H]1CN(c2ccccc2)c2cc(C)c(O/C=C/C(=O)O)cc2S(=O)C1. The quantitative estimate of drug-likeness (QED) is 0.509. The highest BCUT2D eigenvalue weighted by molar-refractivity contribution is 7.85. The summed E-state index contributed by atoms with van der Waals surface area (Å²) < 4.78 is 18.7. The van der Waals surface area contributed by atoms with Gasteiger partial charge in [-0.1, -0.05) is 38.0 Å². The van der Waals surface area contributed by atoms with Crippen LogP contribution < -0.4 is 9.64 Å². The Hall–Kier alpha value is -2.60. The Morgan fingerprint density at radius 1 is 1.31 bits per heavy atom. The molecule has 154 valence electrons. The topological polar surface area (TPSA) is 66.8 Å². The number of fused-ring (bicyclic) bond motifs is 1. The highest BCUT2D eigenvalue weighted by Gasteiger charge is 2.28. The monoisotopic (exact) mass is 413 g/mol. The third-order valence-corrected chi connectivity index (χ3v) is 6.65. The summed E-state index contributed by atoms with van der Waals surface area (Å²) in [6, 6.07) is 14.0. The molecule has 0 bridgehead atoms. The molecule has 0 fully saturated rings. The van der Waals surface area contributed by atoms with Crippen molar-refractivity contribution < 1.29 is 18.8 Å². The van der Waals surface area contributed by atoms with E-state index in [2.05, 4.69) is 24.0 Å². The Labute approximate surface area is 174 Å². The largest absolute Gasteiger partial charge is 0.478 e. The van der Waals surface area contributed by atoms with Crippen LogP contribution >= 0.6 is 0 Å². The van der Waals surface area contributed by atoms with Crippen LogP contribution in [0.25, 0.3) is 0 Å². The number of unbranched alkanes of at least 4 members (excludes halogenated alkanes) is 1. The van der Waals surface area contributed by atoms with E-state index in [4.69, 9.17) is 9.84 Å². The first-order valence-corrected chi connectivity index (χ1v) is 11.2. The minimum atomic E-state index is -1.16. The maximum absolute atomic E-state index is 13.2. The third kappa shape index (κ3) is 5.26. The molecule has 2 aromatic carbocycles. The normalized spacial score (nSPS) is 19.0. The molecule has 0 spiro atoms. The van der Waals surface area contributed by atoms with Crippen molar-refractivity contribution in [3.8, 4) is 5.75 Å². The molecule has 0 amide bonds. The number of hydrogen-bond donors (Lipinski definition) is 1. The number of aryl methyl sites for hydroxylation is 1. The van der Waals surface area contributed by atoms with E-state index in [1.807, 2.05) is 31.2 Å². The summed E-state index contributed by atoms with van der Waals surface area (Å²) in [6.07, 6.45) is 5.38. The second kappa shape index (κ2) is 9.74. The maximum Gasteiger partial charge on any atom is 0.331 e. The van der Waals surface area contributed by atoms with Crippen molar-refractivity contribution in [1.82, 2.24) is 0 Å². The van der Waals surface area contributed by atoms with Crippen molar-refractivity contribution >= 4 is 28.1 Å². The first kappa shape index (κ1) is 21.1. The number of para-hydroxylation sites is 1. The summed E-state index contributed by atoms with van der Waals surface area (Å²) in [5, 5.41) is 8.77. The Morgan fingerprint density at radius 2 is 2.07 bits per heavy atom. The van der Waals surface area contributed by atoms with Crippen molar-refractivity contribution in [3.05, 3.63) is 60.4 Å². The smallest absolute Gasteiger partial charge is 0.331 e. The fraction of sp³-hybridized carbons (Fsp3) is 0.348. The Morgan fingerprint density at radius 3 is 2.76 bits per heavy atom. The minimum absolute atomic E-state index is 0.333. The molecule has 3 rings (SSSR count). The van der Waals surface area contributed by atoms with Gasteiger partial charge in [0.15, 0.2) is 0 Å². The molecule has 0 radical (unpaired) electrons. The van der Waals surface area contributed by atoms with Gasteiger partial charge in [-0.05, 0) is 49.1 Å². The molecule has 5 nitrogen and oxygen atoms in total. The predicted molar refractivity (Wildman–Crippen MR) is 116 cm³/mol. The van der Waals surface area contributed by atoms with Gasteiger partial charge in [0.25, 0.3) is 0 Å². The third-order valence-electron chi connectivity index (χ3n) is 5.06. The van der Waals surface area contributed by atoms with Crippen molar-refractivity contribution in [2.75, 3.05) is 17.2 Å². The number of ether oxygens (including phenoxy) is 1. The van der Waals surface area contributed by atoms with Crippen LogP contribution in [0, 0.1) is 12.8 Å². The van der Waals surface area contributed by atoms with Gasteiger partial charge in [-0.15, -0.1) is 0 Å². The Balaban J connectivity index is 2.03. The van der Waals surface area contributed by atoms with Gasteiger partial charge in [0.1, 0.15) is 5.75 Å². The maximum atomic E-state index is 13.2. The second-order valence-electron chi connectivity index (χ2n) is 7.31. The first-order chi connectivity index (χ1) is 14.0. The van der Waals surface area contributed by atoms with Crippen molar-refractivity contribution in [2.24, 2.45) is 5.92 Å². The first-order valence-electron chi connectivity index (χ1n) is 9.91. The number of carboxylic acid groups (broad SMARTS) is 1. The Kier molecular flexibility index (Phi) is 7.09. The summed E-state index contributed by atoms with van der Waals surface area (Å²) in [5.74, 6) is 0.397. The lowest BCUT2D eigenvalue weighted by atomic mass is 10.0. The molecule has 2 aromatic rings. The van der Waals surface area contributed by atoms with Gasteiger partial charge in [0.05, 0.1) is 33.7 Å². The molecule has 0 saturated carbocycles. The molecule has 1 unspecified atom stereocenters. The van der Waals surface area contributed by atoms with E-state index in [0.29, 0.717) is 17.4 Å². The minimum Gasteiger partial charge on any atom is -0.478 e. The van der Waals surface area contributed by atoms with E-state index in [1.54, 1.807) is 6.07 Å². The molecular formula is C23H27NO4S. The zero-order chi connectivity index (χ0) is 20.8. The average Bonchev–Trinajstić information content (AvgIpc) is 2.83. The van der Waals surface area contributed by atoms with Gasteiger partial charge in [0.2, 0.25) is 0 Å². The van der Waals surface area contributed by atoms with Crippen LogP contribution in [0.2, 0.25) is 0 Å². The number of carbonyl (C=O) groups is 1. The highest BCUT2D eigenvalue weighted by Crippen LogP contribution is 2.39. The van der Waals surface area contributed by atoms with E-state index in [-0.39, 0.29) is 0 Å². The number of benzene rings is 2. The predicted octanol–water partition coefficient (Wildman–Crippen LogP) is 5.04. The lowest BCUT2D eigenvalue weighted by Crippen LogP contribution is -2.25. The van der Waals surface area contributed by atoms with Crippen molar-refractivity contribution in [3.63, 3.8) is 0 Å². The lowest BCUT2D eigenvalue weighted by molar-refractivity contribution is -0.131. The second-order valence-corrected chi connectivity index (χ2v) is 8.78. The summed E-state index contributed by atoms with van der Waals surface area (Å²) in [6.45, 7) is 4.91. The molecule has 29 heavy (non-hydrogen) atoms. The van der Waals surface area contributed by atoms with Crippen LogP contribution in [0.5, 0.6) is 5.75 Å². The molecule has 1 N–H and O–H groups in total. The highest BCUT2D eigenvalue weighted by atomic mass is 32.2. The van der Waals surface area contributed by atoms with Crippen LogP contribution in [-0.2, 0) is 15.6 Å². The molecule has 0 aliphatic carbocycles. The zero-order valence-electron chi connectivity index (χ0n) is 16.8. The van der Waals surface area contributed by atoms with Crippen molar-refractivity contribution in [1.29, 1.82) is 0 Å². The zero-order valence-corrected chi connectivity index (χ0v) is 17.7. The van der Waals surface area contributed by atoms with E-state index in [9.17, 15) is 9.00 Å². The van der Waals surface area contributed by atoms with Crippen LogP contribution in [0.1, 0.15) is 31.7 Å². The van der Waals surface area contributed by atoms with Gasteiger partial charge >= 0.3 is 5.97 Å². The standard InChI is InChI=1S/C23H27NO4S/c1-3-4-8-18-15-24(19-9-6-5-7-10-19)20-13-17(2)21(28-12-11-23(25)26)14-22(20)29(27)16-18/h5-7,9-14,18H,3-4,8,15-16H2,1-2H3,(H,25,26)/b12-11+/t18-,29?/m0/s1. The van der Waals surface area contributed by atoms with Crippen LogP contribution in [0.4, 0.5) is 11.4 Å². The fourth-order valence-corrected chi connectivity index (χ4v) is 5.09. The summed E-state index contributed by atoms with van der Waals surface area (Å²) in [5.41, 5.74) is 2.87. The number of anilines is 2. The number of hydrogen-bond acceptors (Lipinski definition) is 4. The number of aliphatic carboxylic acids is 1. The lowest BCUT2D eigenvalue weighted by Gasteiger charge is -2.28. The summed E-state index contributed by atoms with van der Waals surface area (Å²) in [4.78, 5) is 13.7. The van der Waals surface area contributed by atoms with Crippen LogP contribution in [-0.4, -0.2) is 27.6 Å². The number of nitrogens with zero attached hydrogens (tertiary/aromatic N) is 1. The van der Waals surface area contributed by atoms with E-state index >= 15 is 0 Å². The van der Waals surface area contributed by atoms with Gasteiger partial charge in [-0.25, -0.2) is 4.79 Å². The molecule has 6 heteroatoms. The van der Waals surface area contributed by atoms with E-state index in [1.165, 1.54) is 0 Å². The van der Waals surface area contributed by atoms with Crippen LogP contribution in [0.3, 0.4) is 0 Å². The van der Waals surface area contributed by atoms with E-state index < -0.39 is 16.8 Å². The van der Waals surface area contributed by atoms with Gasteiger partial charge < -0.3 is 14.7 Å². The summed E-state index contributed by atoms with van der Waals surface area (Å²) in [7, 11) is -1.16. The van der Waals surface area contributed by atoms with Crippen LogP contribution in [0.15, 0.2) is 59.7 Å². The molecule has 1 aliphatic heterocycles. The average molecular weight is 414 g/mol. The molecule has 1 aliphatic rings. The van der Waals surface area contributed by atoms with Gasteiger partial charge in [-0.3, -0.25) is 4.21 Å². The molecule has 0 saturated heterocycles. The van der Waals surface area contributed by atoms with Gasteiger partial charge in [-0.2, -0.15) is 0 Å². The van der Waals surface area contributed by atoms with E-state index in [0.717, 1.165) is 60.0 Å². The molecule has 0 aromatic heterocycles.